The van der Waals surface area contributed by atoms with E-state index in [1.165, 1.54) is 0 Å². The largest absolute Gasteiger partial charge is 0.337 e. The smallest absolute Gasteiger partial charge is 0.254 e. The van der Waals surface area contributed by atoms with Gasteiger partial charge in [-0.2, -0.15) is 0 Å². The van der Waals surface area contributed by atoms with Crippen molar-refractivity contribution in [1.82, 2.24) is 4.90 Å². The predicted molar refractivity (Wildman–Crippen MR) is 51.2 cm³/mol. The first-order valence-electron chi connectivity index (χ1n) is 4.41. The zero-order chi connectivity index (χ0) is 10.1. The molecule has 0 saturated carbocycles. The number of nitrogens with two attached hydrogens (primary N) is 1. The van der Waals surface area contributed by atoms with Crippen molar-refractivity contribution in [1.29, 1.82) is 0 Å². The third kappa shape index (κ3) is 1.38. The van der Waals surface area contributed by atoms with Gasteiger partial charge >= 0.3 is 0 Å². The SMILES string of the molecule is CN1Cc2ccc(CON)cc2C1=O. The Bertz CT molecular complexity index is 376. The maximum Gasteiger partial charge on any atom is 0.254 e. The quantitative estimate of drug-likeness (QED) is 0.700. The molecule has 4 heteroatoms. The molecule has 0 radical (unpaired) electrons. The first-order valence-corrected chi connectivity index (χ1v) is 4.41. The highest BCUT2D eigenvalue weighted by atomic mass is 16.6. The van der Waals surface area contributed by atoms with Crippen LogP contribution in [-0.2, 0) is 18.0 Å². The topological polar surface area (TPSA) is 55.6 Å². The van der Waals surface area contributed by atoms with Crippen molar-refractivity contribution in [2.24, 2.45) is 5.90 Å². The summed E-state index contributed by atoms with van der Waals surface area (Å²) in [7, 11) is 1.79. The van der Waals surface area contributed by atoms with Gasteiger partial charge in [0.2, 0.25) is 0 Å². The van der Waals surface area contributed by atoms with Crippen molar-refractivity contribution >= 4 is 5.91 Å². The zero-order valence-electron chi connectivity index (χ0n) is 7.99. The molecular formula is C10H12N2O2. The summed E-state index contributed by atoms with van der Waals surface area (Å²) in [6.07, 6.45) is 0. The van der Waals surface area contributed by atoms with Gasteiger partial charge in [0, 0.05) is 19.2 Å². The third-order valence-corrected chi connectivity index (χ3v) is 2.41. The monoisotopic (exact) mass is 192 g/mol. The number of hydrogen-bond donors (Lipinski definition) is 1. The summed E-state index contributed by atoms with van der Waals surface area (Å²) < 4.78 is 0. The number of nitrogens with zero attached hydrogens (tertiary/aromatic N) is 1. The lowest BCUT2D eigenvalue weighted by Gasteiger charge is -2.04. The van der Waals surface area contributed by atoms with E-state index in [2.05, 4.69) is 4.84 Å². The molecule has 0 aromatic heterocycles. The molecule has 14 heavy (non-hydrogen) atoms. The van der Waals surface area contributed by atoms with Gasteiger partial charge in [-0.15, -0.1) is 0 Å². The molecule has 1 aromatic carbocycles. The molecular weight excluding hydrogens is 180 g/mol. The van der Waals surface area contributed by atoms with Crippen LogP contribution in [0.1, 0.15) is 21.5 Å². The fourth-order valence-corrected chi connectivity index (χ4v) is 1.68. The number of amides is 1. The molecule has 1 heterocycles. The number of carbonyl (C=O) groups excluding carboxylic acids is 1. The molecule has 2 N–H and O–H groups in total. The minimum Gasteiger partial charge on any atom is -0.337 e. The highest BCUT2D eigenvalue weighted by Gasteiger charge is 2.23. The molecule has 74 valence electrons. The predicted octanol–water partition coefficient (Wildman–Crippen LogP) is 0.663. The molecule has 0 aliphatic carbocycles. The summed E-state index contributed by atoms with van der Waals surface area (Å²) in [4.78, 5) is 17.8. The molecule has 1 amide bonds. The second-order valence-corrected chi connectivity index (χ2v) is 3.46. The fourth-order valence-electron chi connectivity index (χ4n) is 1.68. The van der Waals surface area contributed by atoms with E-state index in [9.17, 15) is 4.79 Å². The number of hydrogen-bond acceptors (Lipinski definition) is 3. The molecule has 1 aliphatic rings. The van der Waals surface area contributed by atoms with Gasteiger partial charge in [-0.25, -0.2) is 5.90 Å². The molecule has 2 rings (SSSR count). The van der Waals surface area contributed by atoms with Crippen LogP contribution in [0, 0.1) is 0 Å². The average molecular weight is 192 g/mol. The third-order valence-electron chi connectivity index (χ3n) is 2.41. The van der Waals surface area contributed by atoms with E-state index in [-0.39, 0.29) is 5.91 Å². The number of rotatable bonds is 2. The van der Waals surface area contributed by atoms with Crippen molar-refractivity contribution in [3.05, 3.63) is 34.9 Å². The van der Waals surface area contributed by atoms with Crippen LogP contribution in [0.15, 0.2) is 18.2 Å². The summed E-state index contributed by atoms with van der Waals surface area (Å²) in [6.45, 7) is 1.03. The van der Waals surface area contributed by atoms with Gasteiger partial charge in [-0.3, -0.25) is 9.63 Å². The van der Waals surface area contributed by atoms with Crippen LogP contribution < -0.4 is 5.90 Å². The molecule has 0 bridgehead atoms. The molecule has 1 aliphatic heterocycles. The number of fused-ring (bicyclic) bond motifs is 1. The maximum atomic E-state index is 11.6. The lowest BCUT2D eigenvalue weighted by atomic mass is 10.1. The van der Waals surface area contributed by atoms with E-state index in [1.54, 1.807) is 11.9 Å². The second kappa shape index (κ2) is 3.40. The Hall–Kier alpha value is -1.39. The highest BCUT2D eigenvalue weighted by Crippen LogP contribution is 2.22. The van der Waals surface area contributed by atoms with E-state index in [0.29, 0.717) is 13.2 Å². The Morgan fingerprint density at radius 2 is 2.36 bits per heavy atom. The van der Waals surface area contributed by atoms with E-state index in [4.69, 9.17) is 5.90 Å². The van der Waals surface area contributed by atoms with E-state index in [1.807, 2.05) is 18.2 Å². The van der Waals surface area contributed by atoms with E-state index in [0.717, 1.165) is 16.7 Å². The van der Waals surface area contributed by atoms with Crippen LogP contribution in [0.2, 0.25) is 0 Å². The van der Waals surface area contributed by atoms with Gasteiger partial charge < -0.3 is 4.90 Å². The van der Waals surface area contributed by atoms with E-state index < -0.39 is 0 Å². The summed E-state index contributed by atoms with van der Waals surface area (Å²) in [5.41, 5.74) is 2.76. The summed E-state index contributed by atoms with van der Waals surface area (Å²) in [5, 5.41) is 0. The molecule has 0 fully saturated rings. The van der Waals surface area contributed by atoms with Crippen molar-refractivity contribution in [2.75, 3.05) is 7.05 Å². The second-order valence-electron chi connectivity index (χ2n) is 3.46. The number of carbonyl (C=O) groups is 1. The Morgan fingerprint density at radius 1 is 1.57 bits per heavy atom. The Balaban J connectivity index is 2.36. The first-order chi connectivity index (χ1) is 6.72. The fraction of sp³-hybridized carbons (Fsp3) is 0.300. The minimum absolute atomic E-state index is 0.0684. The number of benzene rings is 1. The molecule has 0 atom stereocenters. The minimum atomic E-state index is 0.0684. The zero-order valence-corrected chi connectivity index (χ0v) is 7.99. The Morgan fingerprint density at radius 3 is 3.07 bits per heavy atom. The Kier molecular flexibility index (Phi) is 2.23. The van der Waals surface area contributed by atoms with Crippen LogP contribution in [0.3, 0.4) is 0 Å². The average Bonchev–Trinajstić information content (AvgIpc) is 2.45. The lowest BCUT2D eigenvalue weighted by molar-refractivity contribution is 0.0816. The summed E-state index contributed by atoms with van der Waals surface area (Å²) in [5.74, 6) is 5.04. The maximum absolute atomic E-state index is 11.6. The van der Waals surface area contributed by atoms with E-state index >= 15 is 0 Å². The summed E-state index contributed by atoms with van der Waals surface area (Å²) in [6, 6.07) is 5.72. The molecule has 0 unspecified atom stereocenters. The van der Waals surface area contributed by atoms with Gasteiger partial charge in [-0.1, -0.05) is 12.1 Å². The van der Waals surface area contributed by atoms with Crippen molar-refractivity contribution in [3.63, 3.8) is 0 Å². The van der Waals surface area contributed by atoms with Gasteiger partial charge in [0.05, 0.1) is 6.61 Å². The van der Waals surface area contributed by atoms with Crippen LogP contribution in [0.25, 0.3) is 0 Å². The normalized spacial score (nSPS) is 14.7. The highest BCUT2D eigenvalue weighted by molar-refractivity contribution is 5.98. The van der Waals surface area contributed by atoms with Crippen LogP contribution in [-0.4, -0.2) is 17.9 Å². The van der Waals surface area contributed by atoms with Crippen molar-refractivity contribution in [2.45, 2.75) is 13.2 Å². The molecule has 0 saturated heterocycles. The molecule has 0 spiro atoms. The van der Waals surface area contributed by atoms with Crippen molar-refractivity contribution < 1.29 is 9.63 Å². The van der Waals surface area contributed by atoms with Crippen LogP contribution in [0.5, 0.6) is 0 Å². The standard InChI is InChI=1S/C10H12N2O2/c1-12-5-8-3-2-7(6-14-11)4-9(8)10(12)13/h2-4H,5-6,11H2,1H3. The van der Waals surface area contributed by atoms with Gasteiger partial charge in [0.15, 0.2) is 0 Å². The van der Waals surface area contributed by atoms with Crippen LogP contribution >= 0.6 is 0 Å². The molecule has 1 aromatic rings. The summed E-state index contributed by atoms with van der Waals surface area (Å²) >= 11 is 0. The first kappa shape index (κ1) is 9.18. The Labute approximate surface area is 82.2 Å². The van der Waals surface area contributed by atoms with Gasteiger partial charge in [0.1, 0.15) is 0 Å². The van der Waals surface area contributed by atoms with Crippen LogP contribution in [0.4, 0.5) is 0 Å². The van der Waals surface area contributed by atoms with Crippen molar-refractivity contribution in [3.8, 4) is 0 Å². The lowest BCUT2D eigenvalue weighted by Crippen LogP contribution is -2.17. The molecule has 4 nitrogen and oxygen atoms in total. The van der Waals surface area contributed by atoms with Gasteiger partial charge in [0.25, 0.3) is 5.91 Å². The van der Waals surface area contributed by atoms with Gasteiger partial charge in [-0.05, 0) is 17.2 Å².